The summed E-state index contributed by atoms with van der Waals surface area (Å²) in [5.41, 5.74) is 2.41. The zero-order valence-corrected chi connectivity index (χ0v) is 20.4. The topological polar surface area (TPSA) is 94.6 Å². The molecule has 2 amide bonds. The van der Waals surface area contributed by atoms with Crippen molar-refractivity contribution in [3.63, 3.8) is 0 Å². The number of rotatable bonds is 8. The van der Waals surface area contributed by atoms with E-state index in [4.69, 9.17) is 0 Å². The Morgan fingerprint density at radius 1 is 1.06 bits per heavy atom. The van der Waals surface area contributed by atoms with Crippen LogP contribution in [0.1, 0.15) is 37.1 Å². The molecule has 1 aromatic carbocycles. The minimum atomic E-state index is -3.66. The van der Waals surface area contributed by atoms with Crippen molar-refractivity contribution in [1.82, 2.24) is 19.5 Å². The van der Waals surface area contributed by atoms with Crippen molar-refractivity contribution in [3.8, 4) is 0 Å². The van der Waals surface area contributed by atoms with Crippen molar-refractivity contribution >= 4 is 21.7 Å². The number of hydrogen-bond acceptors (Lipinski definition) is 5. The van der Waals surface area contributed by atoms with Gasteiger partial charge in [0.25, 0.3) is 0 Å². The van der Waals surface area contributed by atoms with Crippen molar-refractivity contribution in [2.24, 2.45) is 0 Å². The quantitative estimate of drug-likeness (QED) is 0.594. The van der Waals surface area contributed by atoms with Crippen LogP contribution >= 0.6 is 0 Å². The molecule has 8 nitrogen and oxygen atoms in total. The van der Waals surface area contributed by atoms with Crippen molar-refractivity contribution < 1.29 is 17.6 Å². The van der Waals surface area contributed by atoms with Gasteiger partial charge in [0.2, 0.25) is 10.0 Å². The Balaban J connectivity index is 1.26. The summed E-state index contributed by atoms with van der Waals surface area (Å²) in [6.07, 6.45) is 3.21. The van der Waals surface area contributed by atoms with E-state index in [0.717, 1.165) is 50.2 Å². The van der Waals surface area contributed by atoms with Crippen molar-refractivity contribution in [3.05, 3.63) is 53.6 Å². The van der Waals surface area contributed by atoms with Crippen LogP contribution in [0.15, 0.2) is 41.3 Å². The Hall–Kier alpha value is -2.56. The second-order valence-corrected chi connectivity index (χ2v) is 11.0. The lowest BCUT2D eigenvalue weighted by atomic mass is 10.0. The summed E-state index contributed by atoms with van der Waals surface area (Å²) >= 11 is 0. The molecule has 2 aliphatic rings. The number of aromatic nitrogens is 1. The van der Waals surface area contributed by atoms with Gasteiger partial charge in [-0.25, -0.2) is 17.6 Å². The highest BCUT2D eigenvalue weighted by molar-refractivity contribution is 7.89. The van der Waals surface area contributed by atoms with Crippen molar-refractivity contribution in [1.29, 1.82) is 0 Å². The van der Waals surface area contributed by atoms with E-state index in [9.17, 15) is 17.6 Å². The minimum Gasteiger partial charge on any atom is -0.337 e. The molecule has 2 aromatic rings. The maximum atomic E-state index is 13.3. The van der Waals surface area contributed by atoms with E-state index in [-0.39, 0.29) is 23.0 Å². The lowest BCUT2D eigenvalue weighted by Gasteiger charge is -2.38. The lowest BCUT2D eigenvalue weighted by Crippen LogP contribution is -2.49. The van der Waals surface area contributed by atoms with Crippen LogP contribution in [0, 0.1) is 19.7 Å². The normalized spacial score (nSPS) is 17.6. The predicted molar refractivity (Wildman–Crippen MR) is 129 cm³/mol. The van der Waals surface area contributed by atoms with Gasteiger partial charge in [0.05, 0.1) is 4.90 Å². The van der Waals surface area contributed by atoms with Crippen LogP contribution in [0.3, 0.4) is 0 Å². The second kappa shape index (κ2) is 10.4. The average Bonchev–Trinajstić information content (AvgIpc) is 3.59. The monoisotopic (exact) mass is 489 g/mol. The molecule has 1 aliphatic heterocycles. The number of amides is 2. The third-order valence-corrected chi connectivity index (χ3v) is 8.28. The zero-order valence-electron chi connectivity index (χ0n) is 19.6. The molecule has 10 heteroatoms. The molecule has 2 N–H and O–H groups in total. The summed E-state index contributed by atoms with van der Waals surface area (Å²) in [5, 5.41) is 5.71. The molecule has 0 unspecified atom stereocenters. The molecular formula is C24H32FN5O3S. The summed E-state index contributed by atoms with van der Waals surface area (Å²) in [5.74, 6) is -0.446. The number of nitrogens with zero attached hydrogens (tertiary/aromatic N) is 3. The highest BCUT2D eigenvalue weighted by Gasteiger charge is 2.43. The van der Waals surface area contributed by atoms with Crippen molar-refractivity contribution in [2.45, 2.75) is 56.5 Å². The molecular weight excluding hydrogens is 457 g/mol. The van der Waals surface area contributed by atoms with Crippen LogP contribution in [0.2, 0.25) is 0 Å². The molecule has 0 bridgehead atoms. The molecule has 0 atom stereocenters. The SMILES string of the molecule is Cc1cc(NC(=O)NCCN2CCC(N(C3CC3)S(=O)(=O)c3ccc(F)cc3)CC2)cc(C)n1. The third kappa shape index (κ3) is 6.11. The van der Waals surface area contributed by atoms with Crippen LogP contribution in [0.25, 0.3) is 0 Å². The largest absolute Gasteiger partial charge is 0.337 e. The fraction of sp³-hybridized carbons (Fsp3) is 0.500. The number of aryl methyl sites for hydroxylation is 2. The fourth-order valence-corrected chi connectivity index (χ4v) is 6.48. The van der Waals surface area contributed by atoms with Gasteiger partial charge in [-0.15, -0.1) is 0 Å². The maximum Gasteiger partial charge on any atom is 0.319 e. The van der Waals surface area contributed by atoms with Gasteiger partial charge in [-0.3, -0.25) is 4.98 Å². The van der Waals surface area contributed by atoms with E-state index in [1.165, 1.54) is 24.3 Å². The summed E-state index contributed by atoms with van der Waals surface area (Å²) in [7, 11) is -3.66. The van der Waals surface area contributed by atoms with Gasteiger partial charge in [-0.05, 0) is 89.0 Å². The van der Waals surface area contributed by atoms with E-state index in [1.807, 2.05) is 26.0 Å². The Morgan fingerprint density at radius 3 is 2.24 bits per heavy atom. The lowest BCUT2D eigenvalue weighted by molar-refractivity contribution is 0.156. The average molecular weight is 490 g/mol. The number of carbonyl (C=O) groups excluding carboxylic acids is 1. The van der Waals surface area contributed by atoms with Gasteiger partial charge < -0.3 is 15.5 Å². The highest BCUT2D eigenvalue weighted by atomic mass is 32.2. The summed E-state index contributed by atoms with van der Waals surface area (Å²) < 4.78 is 41.5. The Labute approximate surface area is 200 Å². The van der Waals surface area contributed by atoms with Gasteiger partial charge in [-0.2, -0.15) is 4.31 Å². The molecule has 184 valence electrons. The maximum absolute atomic E-state index is 13.3. The molecule has 34 heavy (non-hydrogen) atoms. The van der Waals surface area contributed by atoms with Crippen LogP contribution in [0.4, 0.5) is 14.9 Å². The third-order valence-electron chi connectivity index (χ3n) is 6.27. The number of benzene rings is 1. The summed E-state index contributed by atoms with van der Waals surface area (Å²) in [6.45, 7) is 6.49. The van der Waals surface area contributed by atoms with E-state index < -0.39 is 15.8 Å². The molecule has 2 heterocycles. The molecule has 0 radical (unpaired) electrons. The summed E-state index contributed by atoms with van der Waals surface area (Å²) in [4.78, 5) is 18.9. The van der Waals surface area contributed by atoms with Gasteiger partial charge in [-0.1, -0.05) is 0 Å². The number of sulfonamides is 1. The number of urea groups is 1. The molecule has 4 rings (SSSR count). The van der Waals surface area contributed by atoms with Crippen LogP contribution in [-0.2, 0) is 10.0 Å². The molecule has 2 fully saturated rings. The first-order chi connectivity index (χ1) is 16.2. The highest BCUT2D eigenvalue weighted by Crippen LogP contribution is 2.36. The van der Waals surface area contributed by atoms with Crippen molar-refractivity contribution in [2.75, 3.05) is 31.5 Å². The van der Waals surface area contributed by atoms with Crippen LogP contribution in [-0.4, -0.2) is 66.9 Å². The number of anilines is 1. The molecule has 1 aliphatic carbocycles. The number of nitrogens with one attached hydrogen (secondary N) is 2. The van der Waals surface area contributed by atoms with Crippen LogP contribution < -0.4 is 10.6 Å². The van der Waals surface area contributed by atoms with Gasteiger partial charge >= 0.3 is 6.03 Å². The Kier molecular flexibility index (Phi) is 7.49. The Morgan fingerprint density at radius 2 is 1.65 bits per heavy atom. The number of halogens is 1. The minimum absolute atomic E-state index is 0.0393. The Bertz CT molecular complexity index is 1090. The van der Waals surface area contributed by atoms with Gasteiger partial charge in [0, 0.05) is 42.2 Å². The molecule has 0 spiro atoms. The smallest absolute Gasteiger partial charge is 0.319 e. The number of hydrogen-bond donors (Lipinski definition) is 2. The standard InChI is InChI=1S/C24H32FN5O3S/c1-17-15-20(16-18(2)27-17)28-24(31)26-11-14-29-12-9-22(10-13-29)30(21-5-6-21)34(32,33)23-7-3-19(25)4-8-23/h3-4,7-8,15-16,21-22H,5-6,9-14H2,1-2H3,(H2,26,27,28,31). The molecule has 1 aromatic heterocycles. The number of pyridine rings is 1. The first-order valence-electron chi connectivity index (χ1n) is 11.7. The first-order valence-corrected chi connectivity index (χ1v) is 13.2. The molecule has 1 saturated carbocycles. The second-order valence-electron chi connectivity index (χ2n) is 9.11. The van der Waals surface area contributed by atoms with E-state index in [1.54, 1.807) is 4.31 Å². The summed E-state index contributed by atoms with van der Waals surface area (Å²) in [6, 6.07) is 8.45. The number of carbonyl (C=O) groups is 1. The van der Waals surface area contributed by atoms with E-state index in [2.05, 4.69) is 20.5 Å². The predicted octanol–water partition coefficient (Wildman–Crippen LogP) is 3.28. The van der Waals surface area contributed by atoms with E-state index >= 15 is 0 Å². The first kappa shape index (κ1) is 24.6. The number of piperidine rings is 1. The molecule has 1 saturated heterocycles. The zero-order chi connectivity index (χ0) is 24.3. The number of likely N-dealkylation sites (tertiary alicyclic amines) is 1. The van der Waals surface area contributed by atoms with Gasteiger partial charge in [0.15, 0.2) is 0 Å². The van der Waals surface area contributed by atoms with E-state index in [0.29, 0.717) is 18.8 Å². The van der Waals surface area contributed by atoms with Gasteiger partial charge in [0.1, 0.15) is 5.82 Å². The fourth-order valence-electron chi connectivity index (χ4n) is 4.55. The van der Waals surface area contributed by atoms with Crippen LogP contribution in [0.5, 0.6) is 0 Å².